The van der Waals surface area contributed by atoms with Crippen molar-refractivity contribution < 1.29 is 17.9 Å². The van der Waals surface area contributed by atoms with Crippen molar-refractivity contribution in [3.05, 3.63) is 58.6 Å². The Morgan fingerprint density at radius 3 is 2.32 bits per heavy atom. The number of carbonyl (C=O) groups is 1. The first kappa shape index (κ1) is 19.4. The summed E-state index contributed by atoms with van der Waals surface area (Å²) in [5.41, 5.74) is 0.935. The third kappa shape index (κ3) is 6.15. The molecule has 2 rings (SSSR count). The molecule has 1 amide bonds. The number of hydrogen-bond acceptors (Lipinski definition) is 4. The average Bonchev–Trinajstić information content (AvgIpc) is 2.60. The van der Waals surface area contributed by atoms with Gasteiger partial charge in [-0.05, 0) is 42.0 Å². The molecule has 0 fully saturated rings. The van der Waals surface area contributed by atoms with Gasteiger partial charge in [0.15, 0.2) is 0 Å². The fraction of sp³-hybridized carbons (Fsp3) is 0.235. The van der Waals surface area contributed by atoms with E-state index in [2.05, 4.69) is 26.0 Å². The summed E-state index contributed by atoms with van der Waals surface area (Å²) in [5.74, 6) is 0.520. The van der Waals surface area contributed by atoms with Crippen LogP contribution in [0.2, 0.25) is 0 Å². The molecule has 2 aromatic carbocycles. The number of rotatable bonds is 8. The molecule has 0 aromatic heterocycles. The van der Waals surface area contributed by atoms with Gasteiger partial charge in [0.2, 0.25) is 15.9 Å². The number of benzene rings is 2. The lowest BCUT2D eigenvalue weighted by atomic mass is 10.2. The molecule has 0 unspecified atom stereocenters. The van der Waals surface area contributed by atoms with Gasteiger partial charge in [0, 0.05) is 24.0 Å². The fourth-order valence-electron chi connectivity index (χ4n) is 2.03. The zero-order valence-corrected chi connectivity index (χ0v) is 16.1. The second kappa shape index (κ2) is 8.98. The summed E-state index contributed by atoms with van der Waals surface area (Å²) in [5, 5.41) is 2.75. The van der Waals surface area contributed by atoms with E-state index in [9.17, 15) is 13.2 Å². The lowest BCUT2D eigenvalue weighted by Gasteiger charge is -2.08. The van der Waals surface area contributed by atoms with Gasteiger partial charge in [-0.3, -0.25) is 4.79 Å². The van der Waals surface area contributed by atoms with Gasteiger partial charge in [-0.15, -0.1) is 0 Å². The standard InChI is InChI=1S/C17H19BrN2O4S/c1-24-15-6-2-13(3-7-15)12-19-17(21)10-11-20-25(22,23)16-8-4-14(18)5-9-16/h2-9,20H,10-12H2,1H3,(H,19,21). The lowest BCUT2D eigenvalue weighted by molar-refractivity contribution is -0.121. The summed E-state index contributed by atoms with van der Waals surface area (Å²) in [6.45, 7) is 0.412. The maximum atomic E-state index is 12.1. The molecule has 0 saturated heterocycles. The molecule has 0 aliphatic carbocycles. The largest absolute Gasteiger partial charge is 0.497 e. The van der Waals surface area contributed by atoms with Crippen molar-refractivity contribution in [1.29, 1.82) is 0 Å². The van der Waals surface area contributed by atoms with Gasteiger partial charge in [0.1, 0.15) is 5.75 Å². The number of amides is 1. The second-order valence-electron chi connectivity index (χ2n) is 5.23. The van der Waals surface area contributed by atoms with Crippen molar-refractivity contribution >= 4 is 31.9 Å². The Morgan fingerprint density at radius 2 is 1.72 bits per heavy atom. The second-order valence-corrected chi connectivity index (χ2v) is 7.91. The zero-order chi connectivity index (χ0) is 18.3. The van der Waals surface area contributed by atoms with Crippen LogP contribution in [0.15, 0.2) is 57.9 Å². The van der Waals surface area contributed by atoms with E-state index in [1.165, 1.54) is 12.1 Å². The first-order valence-corrected chi connectivity index (χ1v) is 9.83. The first-order valence-electron chi connectivity index (χ1n) is 7.55. The van der Waals surface area contributed by atoms with Gasteiger partial charge >= 0.3 is 0 Å². The SMILES string of the molecule is COc1ccc(CNC(=O)CCNS(=O)(=O)c2ccc(Br)cc2)cc1. The minimum atomic E-state index is -3.61. The molecule has 0 heterocycles. The van der Waals surface area contributed by atoms with Crippen molar-refractivity contribution in [3.8, 4) is 5.75 Å². The predicted octanol–water partition coefficient (Wildman–Crippen LogP) is 2.44. The summed E-state index contributed by atoms with van der Waals surface area (Å²) >= 11 is 3.25. The molecule has 2 aromatic rings. The minimum Gasteiger partial charge on any atom is -0.497 e. The number of methoxy groups -OCH3 is 1. The quantitative estimate of drug-likeness (QED) is 0.678. The van der Waals surface area contributed by atoms with Crippen molar-refractivity contribution in [2.75, 3.05) is 13.7 Å². The van der Waals surface area contributed by atoms with Crippen molar-refractivity contribution in [1.82, 2.24) is 10.0 Å². The number of ether oxygens (including phenoxy) is 1. The van der Waals surface area contributed by atoms with E-state index in [0.29, 0.717) is 6.54 Å². The van der Waals surface area contributed by atoms with Crippen LogP contribution in [0.4, 0.5) is 0 Å². The third-order valence-corrected chi connectivity index (χ3v) is 5.42. The van der Waals surface area contributed by atoms with Crippen LogP contribution in [0.3, 0.4) is 0 Å². The number of sulfonamides is 1. The minimum absolute atomic E-state index is 0.0346. The summed E-state index contributed by atoms with van der Waals surface area (Å²) < 4.78 is 32.5. The van der Waals surface area contributed by atoms with E-state index in [-0.39, 0.29) is 23.8 Å². The molecule has 0 aliphatic heterocycles. The molecule has 134 valence electrons. The molecular weight excluding hydrogens is 408 g/mol. The normalized spacial score (nSPS) is 11.1. The molecule has 6 nitrogen and oxygen atoms in total. The van der Waals surface area contributed by atoms with Gasteiger partial charge < -0.3 is 10.1 Å². The highest BCUT2D eigenvalue weighted by Gasteiger charge is 2.13. The monoisotopic (exact) mass is 426 g/mol. The van der Waals surface area contributed by atoms with Gasteiger partial charge in [-0.1, -0.05) is 28.1 Å². The maximum absolute atomic E-state index is 12.1. The van der Waals surface area contributed by atoms with Gasteiger partial charge in [-0.25, -0.2) is 13.1 Å². The number of halogens is 1. The van der Waals surface area contributed by atoms with Crippen LogP contribution in [-0.4, -0.2) is 28.0 Å². The summed E-state index contributed by atoms with van der Waals surface area (Å²) in [7, 11) is -2.02. The van der Waals surface area contributed by atoms with Crippen LogP contribution in [0.25, 0.3) is 0 Å². The molecule has 0 bridgehead atoms. The Hall–Kier alpha value is -1.90. The first-order chi connectivity index (χ1) is 11.9. The van der Waals surface area contributed by atoms with E-state index in [0.717, 1.165) is 15.8 Å². The summed E-state index contributed by atoms with van der Waals surface area (Å²) in [6, 6.07) is 13.6. The van der Waals surface area contributed by atoms with Gasteiger partial charge in [-0.2, -0.15) is 0 Å². The molecule has 0 aliphatic rings. The molecule has 25 heavy (non-hydrogen) atoms. The fourth-order valence-corrected chi connectivity index (χ4v) is 3.32. The van der Waals surface area contributed by atoms with Crippen molar-refractivity contribution in [2.45, 2.75) is 17.9 Å². The molecule has 2 N–H and O–H groups in total. The molecule has 0 atom stereocenters. The Morgan fingerprint density at radius 1 is 1.08 bits per heavy atom. The van der Waals surface area contributed by atoms with E-state index in [1.54, 1.807) is 19.2 Å². The van der Waals surface area contributed by atoms with Gasteiger partial charge in [0.25, 0.3) is 0 Å². The molecule has 0 radical (unpaired) electrons. The van der Waals surface area contributed by atoms with Crippen LogP contribution in [0.1, 0.15) is 12.0 Å². The van der Waals surface area contributed by atoms with E-state index >= 15 is 0 Å². The third-order valence-electron chi connectivity index (χ3n) is 3.42. The van der Waals surface area contributed by atoms with Gasteiger partial charge in [0.05, 0.1) is 12.0 Å². The summed E-state index contributed by atoms with van der Waals surface area (Å²) in [4.78, 5) is 12.0. The molecular formula is C17H19BrN2O4S. The topological polar surface area (TPSA) is 84.5 Å². The van der Waals surface area contributed by atoms with Crippen molar-refractivity contribution in [3.63, 3.8) is 0 Å². The highest BCUT2D eigenvalue weighted by atomic mass is 79.9. The van der Waals surface area contributed by atoms with Crippen LogP contribution < -0.4 is 14.8 Å². The van der Waals surface area contributed by atoms with E-state index in [1.807, 2.05) is 24.3 Å². The smallest absolute Gasteiger partial charge is 0.240 e. The molecule has 0 saturated carbocycles. The average molecular weight is 427 g/mol. The highest BCUT2D eigenvalue weighted by Crippen LogP contribution is 2.14. The zero-order valence-electron chi connectivity index (χ0n) is 13.7. The van der Waals surface area contributed by atoms with E-state index in [4.69, 9.17) is 4.74 Å². The Bertz CT molecular complexity index is 806. The van der Waals surface area contributed by atoms with E-state index < -0.39 is 10.0 Å². The lowest BCUT2D eigenvalue weighted by Crippen LogP contribution is -2.30. The Balaban J connectivity index is 1.76. The Kier molecular flexibility index (Phi) is 6.98. The number of carbonyl (C=O) groups excluding carboxylic acids is 1. The van der Waals surface area contributed by atoms with Crippen LogP contribution in [0.5, 0.6) is 5.75 Å². The van der Waals surface area contributed by atoms with Crippen LogP contribution >= 0.6 is 15.9 Å². The number of hydrogen-bond donors (Lipinski definition) is 2. The maximum Gasteiger partial charge on any atom is 0.240 e. The van der Waals surface area contributed by atoms with Crippen LogP contribution in [0, 0.1) is 0 Å². The predicted molar refractivity (Wildman–Crippen MR) is 98.8 cm³/mol. The molecule has 8 heteroatoms. The Labute approximate surface area is 155 Å². The highest BCUT2D eigenvalue weighted by molar-refractivity contribution is 9.10. The number of nitrogens with one attached hydrogen (secondary N) is 2. The van der Waals surface area contributed by atoms with Crippen molar-refractivity contribution in [2.24, 2.45) is 0 Å². The summed E-state index contributed by atoms with van der Waals surface area (Å²) in [6.07, 6.45) is 0.0614. The molecule has 0 spiro atoms. The van der Waals surface area contributed by atoms with Crippen LogP contribution in [-0.2, 0) is 21.4 Å².